The van der Waals surface area contributed by atoms with Gasteiger partial charge in [-0.3, -0.25) is 0 Å². The predicted octanol–water partition coefficient (Wildman–Crippen LogP) is 3.59. The molecule has 0 aliphatic carbocycles. The summed E-state index contributed by atoms with van der Waals surface area (Å²) < 4.78 is 1.17. The summed E-state index contributed by atoms with van der Waals surface area (Å²) in [7, 11) is 0. The van der Waals surface area contributed by atoms with Crippen molar-refractivity contribution in [1.82, 2.24) is 4.90 Å². The highest BCUT2D eigenvalue weighted by Gasteiger charge is 2.14. The number of aryl methyl sites for hydroxylation is 1. The third kappa shape index (κ3) is 5.64. The number of nitrogens with zero attached hydrogens (tertiary/aromatic N) is 1. The van der Waals surface area contributed by atoms with E-state index in [1.807, 2.05) is 0 Å². The lowest BCUT2D eigenvalue weighted by molar-refractivity contribution is 0.209. The van der Waals surface area contributed by atoms with E-state index in [1.165, 1.54) is 68.2 Å². The molecule has 106 valence electrons. The van der Waals surface area contributed by atoms with Crippen LogP contribution < -0.4 is 5.73 Å². The molecular weight excluding hydrogens is 300 g/mol. The van der Waals surface area contributed by atoms with Gasteiger partial charge in [0.1, 0.15) is 0 Å². The number of hydrogen-bond donors (Lipinski definition) is 1. The van der Waals surface area contributed by atoms with E-state index in [0.29, 0.717) is 6.04 Å². The quantitative estimate of drug-likeness (QED) is 0.810. The normalized spacial score (nSPS) is 17.8. The molecule has 0 unspecified atom stereocenters. The molecule has 1 aliphatic heterocycles. The molecule has 1 heterocycles. The molecule has 0 amide bonds. The minimum Gasteiger partial charge on any atom is -0.328 e. The van der Waals surface area contributed by atoms with Crippen LogP contribution in [-0.4, -0.2) is 30.6 Å². The van der Waals surface area contributed by atoms with Crippen molar-refractivity contribution in [3.63, 3.8) is 0 Å². The van der Waals surface area contributed by atoms with Gasteiger partial charge in [0.2, 0.25) is 0 Å². The van der Waals surface area contributed by atoms with Gasteiger partial charge in [0.15, 0.2) is 0 Å². The highest BCUT2D eigenvalue weighted by atomic mass is 79.9. The second-order valence-corrected chi connectivity index (χ2v) is 6.53. The zero-order valence-electron chi connectivity index (χ0n) is 11.7. The van der Waals surface area contributed by atoms with Gasteiger partial charge >= 0.3 is 0 Å². The van der Waals surface area contributed by atoms with Crippen molar-refractivity contribution in [3.8, 4) is 0 Å². The Kier molecular flexibility index (Phi) is 6.35. The number of piperidine rings is 1. The van der Waals surface area contributed by atoms with Crippen molar-refractivity contribution >= 4 is 15.9 Å². The molecule has 0 bridgehead atoms. The molecule has 0 aromatic heterocycles. The standard InChI is InChI=1S/C16H25BrN2/c17-15-7-5-14(6-8-15)4-2-1-3-11-19-12-9-16(18)10-13-19/h5-8,16H,1-4,9-13,18H2. The summed E-state index contributed by atoms with van der Waals surface area (Å²) in [5.74, 6) is 0. The number of halogens is 1. The summed E-state index contributed by atoms with van der Waals surface area (Å²) >= 11 is 3.47. The minimum atomic E-state index is 0.452. The van der Waals surface area contributed by atoms with Gasteiger partial charge in [0, 0.05) is 10.5 Å². The first-order valence-corrected chi connectivity index (χ1v) is 8.26. The maximum Gasteiger partial charge on any atom is 0.0175 e. The Morgan fingerprint density at radius 1 is 1.05 bits per heavy atom. The molecule has 2 nitrogen and oxygen atoms in total. The van der Waals surface area contributed by atoms with Crippen LogP contribution >= 0.6 is 15.9 Å². The Labute approximate surface area is 125 Å². The van der Waals surface area contributed by atoms with Crippen LogP contribution in [0.15, 0.2) is 28.7 Å². The van der Waals surface area contributed by atoms with E-state index in [1.54, 1.807) is 0 Å². The van der Waals surface area contributed by atoms with E-state index in [4.69, 9.17) is 5.73 Å². The molecule has 1 saturated heterocycles. The van der Waals surface area contributed by atoms with Crippen molar-refractivity contribution in [3.05, 3.63) is 34.3 Å². The molecule has 0 atom stereocenters. The Morgan fingerprint density at radius 3 is 2.42 bits per heavy atom. The summed E-state index contributed by atoms with van der Waals surface area (Å²) in [5.41, 5.74) is 7.37. The van der Waals surface area contributed by atoms with E-state index >= 15 is 0 Å². The highest BCUT2D eigenvalue weighted by Crippen LogP contribution is 2.14. The monoisotopic (exact) mass is 324 g/mol. The van der Waals surface area contributed by atoms with Crippen LogP contribution in [0.4, 0.5) is 0 Å². The predicted molar refractivity (Wildman–Crippen MR) is 85.3 cm³/mol. The van der Waals surface area contributed by atoms with Gasteiger partial charge in [-0.1, -0.05) is 34.5 Å². The number of unbranched alkanes of at least 4 members (excludes halogenated alkanes) is 2. The van der Waals surface area contributed by atoms with Gasteiger partial charge in [-0.25, -0.2) is 0 Å². The zero-order chi connectivity index (χ0) is 13.5. The van der Waals surface area contributed by atoms with Crippen molar-refractivity contribution in [2.75, 3.05) is 19.6 Å². The van der Waals surface area contributed by atoms with Crippen molar-refractivity contribution in [1.29, 1.82) is 0 Å². The van der Waals surface area contributed by atoms with Crippen molar-refractivity contribution in [2.24, 2.45) is 5.73 Å². The first-order valence-electron chi connectivity index (χ1n) is 7.46. The molecule has 2 rings (SSSR count). The molecular formula is C16H25BrN2. The van der Waals surface area contributed by atoms with Gasteiger partial charge in [-0.2, -0.15) is 0 Å². The number of likely N-dealkylation sites (tertiary alicyclic amines) is 1. The molecule has 2 N–H and O–H groups in total. The third-order valence-corrected chi connectivity index (χ3v) is 4.51. The summed E-state index contributed by atoms with van der Waals surface area (Å²) in [6.45, 7) is 3.66. The Morgan fingerprint density at radius 2 is 1.74 bits per heavy atom. The molecule has 1 aliphatic rings. The zero-order valence-corrected chi connectivity index (χ0v) is 13.2. The van der Waals surface area contributed by atoms with Gasteiger partial charge in [-0.05, 0) is 69.4 Å². The lowest BCUT2D eigenvalue weighted by Crippen LogP contribution is -2.39. The fourth-order valence-corrected chi connectivity index (χ4v) is 2.93. The van der Waals surface area contributed by atoms with Gasteiger partial charge < -0.3 is 10.6 Å². The number of rotatable bonds is 6. The maximum absolute atomic E-state index is 5.92. The van der Waals surface area contributed by atoms with E-state index in [-0.39, 0.29) is 0 Å². The van der Waals surface area contributed by atoms with Crippen LogP contribution in [0.2, 0.25) is 0 Å². The van der Waals surface area contributed by atoms with Gasteiger partial charge in [-0.15, -0.1) is 0 Å². The Balaban J connectivity index is 1.53. The Bertz CT molecular complexity index is 356. The summed E-state index contributed by atoms with van der Waals surface area (Å²) in [6.07, 6.45) is 7.52. The summed E-state index contributed by atoms with van der Waals surface area (Å²) in [5, 5.41) is 0. The second-order valence-electron chi connectivity index (χ2n) is 5.62. The molecule has 1 fully saturated rings. The average molecular weight is 325 g/mol. The molecule has 0 saturated carbocycles. The molecule has 0 spiro atoms. The highest BCUT2D eigenvalue weighted by molar-refractivity contribution is 9.10. The number of hydrogen-bond acceptors (Lipinski definition) is 2. The van der Waals surface area contributed by atoms with Crippen LogP contribution in [0.1, 0.15) is 37.7 Å². The number of nitrogens with two attached hydrogens (primary N) is 1. The first-order chi connectivity index (χ1) is 9.24. The molecule has 3 heteroatoms. The second kappa shape index (κ2) is 8.03. The average Bonchev–Trinajstić information content (AvgIpc) is 2.43. The van der Waals surface area contributed by atoms with E-state index in [9.17, 15) is 0 Å². The van der Waals surface area contributed by atoms with Crippen molar-refractivity contribution < 1.29 is 0 Å². The van der Waals surface area contributed by atoms with Crippen LogP contribution in [-0.2, 0) is 6.42 Å². The first kappa shape index (κ1) is 15.0. The van der Waals surface area contributed by atoms with E-state index < -0.39 is 0 Å². The lowest BCUT2D eigenvalue weighted by atomic mass is 10.0. The number of benzene rings is 1. The fourth-order valence-electron chi connectivity index (χ4n) is 2.67. The van der Waals surface area contributed by atoms with Crippen molar-refractivity contribution in [2.45, 2.75) is 44.6 Å². The summed E-state index contributed by atoms with van der Waals surface area (Å²) in [4.78, 5) is 2.57. The van der Waals surface area contributed by atoms with E-state index in [0.717, 1.165) is 0 Å². The van der Waals surface area contributed by atoms with Crippen LogP contribution in [0.5, 0.6) is 0 Å². The fraction of sp³-hybridized carbons (Fsp3) is 0.625. The molecule has 19 heavy (non-hydrogen) atoms. The largest absolute Gasteiger partial charge is 0.328 e. The minimum absolute atomic E-state index is 0.452. The van der Waals surface area contributed by atoms with Gasteiger partial charge in [0.25, 0.3) is 0 Å². The van der Waals surface area contributed by atoms with Crippen LogP contribution in [0.25, 0.3) is 0 Å². The van der Waals surface area contributed by atoms with E-state index in [2.05, 4.69) is 45.1 Å². The molecule has 0 radical (unpaired) electrons. The summed E-state index contributed by atoms with van der Waals surface area (Å²) in [6, 6.07) is 9.15. The SMILES string of the molecule is NC1CCN(CCCCCc2ccc(Br)cc2)CC1. The smallest absolute Gasteiger partial charge is 0.0175 e. The van der Waals surface area contributed by atoms with Gasteiger partial charge in [0.05, 0.1) is 0 Å². The third-order valence-electron chi connectivity index (χ3n) is 3.99. The maximum atomic E-state index is 5.92. The lowest BCUT2D eigenvalue weighted by Gasteiger charge is -2.29. The molecule has 1 aromatic carbocycles. The van der Waals surface area contributed by atoms with Crippen LogP contribution in [0.3, 0.4) is 0 Å². The Hall–Kier alpha value is -0.380. The van der Waals surface area contributed by atoms with Crippen LogP contribution in [0, 0.1) is 0 Å². The topological polar surface area (TPSA) is 29.3 Å². The molecule has 1 aromatic rings.